The van der Waals surface area contributed by atoms with Crippen LogP contribution in [-0.4, -0.2) is 16.3 Å². The number of aromatic hydroxyl groups is 1. The summed E-state index contributed by atoms with van der Waals surface area (Å²) in [4.78, 5) is 8.80. The Morgan fingerprint density at radius 3 is 2.54 bits per heavy atom. The molecule has 0 saturated heterocycles. The summed E-state index contributed by atoms with van der Waals surface area (Å²) < 4.78 is 5.78. The lowest BCUT2D eigenvalue weighted by atomic mass is 10.2. The molecule has 0 saturated carbocycles. The van der Waals surface area contributed by atoms with Gasteiger partial charge in [0.05, 0.1) is 21.3 Å². The fraction of sp³-hybridized carbons (Fsp3) is 0. The van der Waals surface area contributed by atoms with Crippen molar-refractivity contribution in [1.82, 2.24) is 4.98 Å². The maximum absolute atomic E-state index is 10.0. The van der Waals surface area contributed by atoms with Gasteiger partial charge in [0.25, 0.3) is 0 Å². The van der Waals surface area contributed by atoms with E-state index in [0.717, 1.165) is 0 Å². The molecule has 140 valence electrons. The van der Waals surface area contributed by atoms with Gasteiger partial charge in [0.2, 0.25) is 5.89 Å². The fourth-order valence-corrected chi connectivity index (χ4v) is 3.48. The molecule has 1 N–H and O–H groups in total. The first-order chi connectivity index (χ1) is 13.4. The molecule has 0 amide bonds. The minimum Gasteiger partial charge on any atom is -0.506 e. The van der Waals surface area contributed by atoms with Crippen LogP contribution in [0.1, 0.15) is 5.56 Å². The molecule has 0 unspecified atom stereocenters. The third-order valence-corrected chi connectivity index (χ3v) is 5.01. The SMILES string of the molecule is Oc1c(Cl)cc(Cl)cc1C=Nc1ccc(Cl)c(-c2nc3cc(Cl)ccc3o2)c1. The second-order valence-electron chi connectivity index (χ2n) is 5.88. The quantitative estimate of drug-likeness (QED) is 0.327. The summed E-state index contributed by atoms with van der Waals surface area (Å²) in [6.07, 6.45) is 1.46. The Morgan fingerprint density at radius 2 is 1.71 bits per heavy atom. The monoisotopic (exact) mass is 450 g/mol. The lowest BCUT2D eigenvalue weighted by Gasteiger charge is -2.03. The molecule has 0 atom stereocenters. The Balaban J connectivity index is 1.73. The molecule has 0 aliphatic carbocycles. The van der Waals surface area contributed by atoms with Crippen LogP contribution < -0.4 is 0 Å². The van der Waals surface area contributed by atoms with Gasteiger partial charge in [0.1, 0.15) is 11.3 Å². The van der Waals surface area contributed by atoms with Crippen molar-refractivity contribution in [2.45, 2.75) is 0 Å². The normalized spacial score (nSPS) is 11.6. The number of phenols is 1. The van der Waals surface area contributed by atoms with E-state index in [1.54, 1.807) is 42.5 Å². The number of aliphatic imine (C=N–C) groups is 1. The van der Waals surface area contributed by atoms with Crippen LogP contribution in [0.15, 0.2) is 57.9 Å². The lowest BCUT2D eigenvalue weighted by Crippen LogP contribution is -1.84. The molecule has 4 nitrogen and oxygen atoms in total. The number of benzene rings is 3. The first kappa shape index (κ1) is 19.1. The van der Waals surface area contributed by atoms with Crippen LogP contribution in [0.4, 0.5) is 5.69 Å². The standard InChI is InChI=1S/C20H10Cl4N2O2/c21-11-1-4-18-17(7-11)26-20(28-18)14-8-13(2-3-15(14)23)25-9-10-5-12(22)6-16(24)19(10)27/h1-9,27H. The average Bonchev–Trinajstić information content (AvgIpc) is 3.07. The summed E-state index contributed by atoms with van der Waals surface area (Å²) >= 11 is 24.2. The van der Waals surface area contributed by atoms with Crippen molar-refractivity contribution in [1.29, 1.82) is 0 Å². The molecule has 3 aromatic carbocycles. The van der Waals surface area contributed by atoms with E-state index in [1.165, 1.54) is 12.3 Å². The third-order valence-electron chi connectivity index (χ3n) is 3.94. The lowest BCUT2D eigenvalue weighted by molar-refractivity contribution is 0.475. The predicted octanol–water partition coefficient (Wildman–Crippen LogP) is 7.56. The zero-order valence-electron chi connectivity index (χ0n) is 14.0. The van der Waals surface area contributed by atoms with Gasteiger partial charge < -0.3 is 9.52 Å². The molecule has 1 heterocycles. The molecule has 0 fully saturated rings. The Morgan fingerprint density at radius 1 is 0.893 bits per heavy atom. The molecule has 28 heavy (non-hydrogen) atoms. The number of fused-ring (bicyclic) bond motifs is 1. The Kier molecular flexibility index (Phi) is 5.21. The van der Waals surface area contributed by atoms with E-state index in [9.17, 15) is 5.11 Å². The Hall–Kier alpha value is -2.24. The molecule has 4 rings (SSSR count). The maximum atomic E-state index is 10.0. The van der Waals surface area contributed by atoms with Gasteiger partial charge in [-0.2, -0.15) is 0 Å². The number of hydrogen-bond acceptors (Lipinski definition) is 4. The first-order valence-corrected chi connectivity index (χ1v) is 9.50. The van der Waals surface area contributed by atoms with Gasteiger partial charge in [-0.1, -0.05) is 46.4 Å². The molecular weight excluding hydrogens is 442 g/mol. The van der Waals surface area contributed by atoms with Gasteiger partial charge in [-0.15, -0.1) is 0 Å². The van der Waals surface area contributed by atoms with Gasteiger partial charge in [-0.3, -0.25) is 4.99 Å². The number of oxazole rings is 1. The van der Waals surface area contributed by atoms with Crippen LogP contribution in [0, 0.1) is 0 Å². The number of phenolic OH excluding ortho intramolecular Hbond substituents is 1. The number of aromatic nitrogens is 1. The van der Waals surface area contributed by atoms with Crippen molar-refractivity contribution in [3.8, 4) is 17.2 Å². The topological polar surface area (TPSA) is 58.6 Å². The van der Waals surface area contributed by atoms with Crippen LogP contribution >= 0.6 is 46.4 Å². The van der Waals surface area contributed by atoms with E-state index in [2.05, 4.69) is 9.98 Å². The van der Waals surface area contributed by atoms with Crippen LogP contribution in [0.25, 0.3) is 22.6 Å². The summed E-state index contributed by atoms with van der Waals surface area (Å²) in [5, 5.41) is 11.6. The van der Waals surface area contributed by atoms with E-state index in [-0.39, 0.29) is 10.8 Å². The predicted molar refractivity (Wildman–Crippen MR) is 115 cm³/mol. The summed E-state index contributed by atoms with van der Waals surface area (Å²) in [6, 6.07) is 13.4. The highest BCUT2D eigenvalue weighted by Crippen LogP contribution is 2.34. The highest BCUT2D eigenvalue weighted by Gasteiger charge is 2.13. The zero-order chi connectivity index (χ0) is 19.8. The van der Waals surface area contributed by atoms with Crippen molar-refractivity contribution in [3.05, 3.63) is 74.2 Å². The molecule has 0 radical (unpaired) electrons. The smallest absolute Gasteiger partial charge is 0.228 e. The van der Waals surface area contributed by atoms with Crippen molar-refractivity contribution in [3.63, 3.8) is 0 Å². The summed E-state index contributed by atoms with van der Waals surface area (Å²) in [5.74, 6) is 0.257. The van der Waals surface area contributed by atoms with Crippen molar-refractivity contribution in [2.75, 3.05) is 0 Å². The van der Waals surface area contributed by atoms with Crippen molar-refractivity contribution < 1.29 is 9.52 Å². The van der Waals surface area contributed by atoms with E-state index < -0.39 is 0 Å². The third kappa shape index (κ3) is 3.82. The van der Waals surface area contributed by atoms with Gasteiger partial charge in [-0.25, -0.2) is 4.98 Å². The molecule has 0 spiro atoms. The largest absolute Gasteiger partial charge is 0.506 e. The molecule has 1 aromatic heterocycles. The van der Waals surface area contributed by atoms with Crippen LogP contribution in [0.5, 0.6) is 5.75 Å². The second kappa shape index (κ2) is 7.64. The van der Waals surface area contributed by atoms with Crippen LogP contribution in [0.2, 0.25) is 20.1 Å². The van der Waals surface area contributed by atoms with Crippen LogP contribution in [0.3, 0.4) is 0 Å². The number of nitrogens with zero attached hydrogens (tertiary/aromatic N) is 2. The number of rotatable bonds is 3. The molecule has 0 aliphatic rings. The molecular formula is C20H10Cl4N2O2. The minimum atomic E-state index is -0.0974. The second-order valence-corrected chi connectivity index (χ2v) is 7.57. The zero-order valence-corrected chi connectivity index (χ0v) is 17.0. The summed E-state index contributed by atoms with van der Waals surface area (Å²) in [6.45, 7) is 0. The van der Waals surface area contributed by atoms with Gasteiger partial charge in [0, 0.05) is 21.8 Å². The number of hydrogen-bond donors (Lipinski definition) is 1. The first-order valence-electron chi connectivity index (χ1n) is 7.99. The Labute approximate surface area is 180 Å². The van der Waals surface area contributed by atoms with Gasteiger partial charge in [0.15, 0.2) is 5.58 Å². The van der Waals surface area contributed by atoms with Crippen molar-refractivity contribution >= 4 is 69.4 Å². The molecule has 8 heteroatoms. The molecule has 0 aliphatic heterocycles. The molecule has 4 aromatic rings. The van der Waals surface area contributed by atoms with E-state index in [0.29, 0.717) is 48.9 Å². The summed E-state index contributed by atoms with van der Waals surface area (Å²) in [5.41, 5.74) is 2.78. The van der Waals surface area contributed by atoms with Gasteiger partial charge >= 0.3 is 0 Å². The van der Waals surface area contributed by atoms with Gasteiger partial charge in [-0.05, 0) is 48.5 Å². The average molecular weight is 452 g/mol. The van der Waals surface area contributed by atoms with E-state index in [4.69, 9.17) is 50.8 Å². The van der Waals surface area contributed by atoms with E-state index in [1.807, 2.05) is 0 Å². The van der Waals surface area contributed by atoms with Crippen LogP contribution in [-0.2, 0) is 0 Å². The number of halogens is 4. The van der Waals surface area contributed by atoms with Crippen molar-refractivity contribution in [2.24, 2.45) is 4.99 Å². The fourth-order valence-electron chi connectivity index (χ4n) is 2.60. The highest BCUT2D eigenvalue weighted by atomic mass is 35.5. The van der Waals surface area contributed by atoms with E-state index >= 15 is 0 Å². The highest BCUT2D eigenvalue weighted by molar-refractivity contribution is 6.36. The summed E-state index contributed by atoms with van der Waals surface area (Å²) in [7, 11) is 0. The molecule has 0 bridgehead atoms. The maximum Gasteiger partial charge on any atom is 0.228 e. The minimum absolute atomic E-state index is 0.0974. The Bertz CT molecular complexity index is 1230.